The van der Waals surface area contributed by atoms with Crippen molar-refractivity contribution in [3.05, 3.63) is 52.1 Å². The molecule has 5 heteroatoms. The molecule has 114 valence electrons. The average Bonchev–Trinajstić information content (AvgIpc) is 2.82. The second kappa shape index (κ2) is 7.05. The van der Waals surface area contributed by atoms with Gasteiger partial charge < -0.3 is 5.32 Å². The highest BCUT2D eigenvalue weighted by Gasteiger charge is 2.21. The van der Waals surface area contributed by atoms with E-state index < -0.39 is 0 Å². The van der Waals surface area contributed by atoms with Crippen molar-refractivity contribution in [3.63, 3.8) is 0 Å². The Balaban J connectivity index is 2.46. The topological polar surface area (TPSA) is 29.9 Å². The van der Waals surface area contributed by atoms with Crippen LogP contribution in [0.15, 0.2) is 24.3 Å². The fourth-order valence-electron chi connectivity index (χ4n) is 2.45. The van der Waals surface area contributed by atoms with Crippen LogP contribution in [0, 0.1) is 12.7 Å². The van der Waals surface area contributed by atoms with Gasteiger partial charge in [-0.3, -0.25) is 4.68 Å². The maximum Gasteiger partial charge on any atom is 0.129 e. The molecule has 0 radical (unpaired) electrons. The highest BCUT2D eigenvalue weighted by Crippen LogP contribution is 2.27. The standard InChI is InChI=1S/C16H21ClFN3/c1-4-8-19-16(13-7-6-12(17)10-14(13)18)15-9-11(3)20-21(15)5-2/h6-7,9-10,16,19H,4-5,8H2,1-3H3. The van der Waals surface area contributed by atoms with Crippen molar-refractivity contribution in [2.24, 2.45) is 0 Å². The van der Waals surface area contributed by atoms with E-state index in [9.17, 15) is 4.39 Å². The molecular weight excluding hydrogens is 289 g/mol. The first-order chi connectivity index (χ1) is 10.1. The molecule has 0 aliphatic carbocycles. The van der Waals surface area contributed by atoms with E-state index in [1.54, 1.807) is 12.1 Å². The number of halogens is 2. The number of nitrogens with one attached hydrogen (secondary N) is 1. The van der Waals surface area contributed by atoms with Crippen LogP contribution in [-0.4, -0.2) is 16.3 Å². The Morgan fingerprint density at radius 1 is 1.33 bits per heavy atom. The second-order valence-corrected chi connectivity index (χ2v) is 5.52. The molecule has 0 bridgehead atoms. The van der Waals surface area contributed by atoms with Crippen molar-refractivity contribution >= 4 is 11.6 Å². The summed E-state index contributed by atoms with van der Waals surface area (Å²) in [6.07, 6.45) is 0.977. The third-order valence-electron chi connectivity index (χ3n) is 3.40. The van der Waals surface area contributed by atoms with Crippen LogP contribution in [0.5, 0.6) is 0 Å². The zero-order chi connectivity index (χ0) is 15.4. The van der Waals surface area contributed by atoms with Gasteiger partial charge in [0, 0.05) is 17.1 Å². The van der Waals surface area contributed by atoms with Crippen LogP contribution >= 0.6 is 11.6 Å². The molecule has 2 rings (SSSR count). The first kappa shape index (κ1) is 16.0. The molecule has 21 heavy (non-hydrogen) atoms. The molecule has 0 fully saturated rings. The molecule has 0 saturated carbocycles. The minimum atomic E-state index is -0.294. The summed E-state index contributed by atoms with van der Waals surface area (Å²) in [5.41, 5.74) is 2.51. The molecule has 1 N–H and O–H groups in total. The van der Waals surface area contributed by atoms with E-state index in [4.69, 9.17) is 11.6 Å². The van der Waals surface area contributed by atoms with Crippen LogP contribution < -0.4 is 5.32 Å². The molecule has 1 aromatic heterocycles. The van der Waals surface area contributed by atoms with Gasteiger partial charge in [0.1, 0.15) is 5.82 Å². The zero-order valence-corrected chi connectivity index (χ0v) is 13.4. The highest BCUT2D eigenvalue weighted by atomic mass is 35.5. The number of aromatic nitrogens is 2. The molecule has 0 spiro atoms. The number of hydrogen-bond donors (Lipinski definition) is 1. The van der Waals surface area contributed by atoms with Gasteiger partial charge in [-0.05, 0) is 45.0 Å². The minimum absolute atomic E-state index is 0.219. The van der Waals surface area contributed by atoms with Gasteiger partial charge >= 0.3 is 0 Å². The summed E-state index contributed by atoms with van der Waals surface area (Å²) in [7, 11) is 0. The van der Waals surface area contributed by atoms with E-state index in [2.05, 4.69) is 17.3 Å². The summed E-state index contributed by atoms with van der Waals surface area (Å²) in [6, 6.07) is 6.61. The summed E-state index contributed by atoms with van der Waals surface area (Å²) < 4.78 is 16.2. The second-order valence-electron chi connectivity index (χ2n) is 5.08. The number of aryl methyl sites for hydroxylation is 2. The molecule has 2 aromatic rings. The lowest BCUT2D eigenvalue weighted by Crippen LogP contribution is -2.26. The van der Waals surface area contributed by atoms with E-state index in [0.29, 0.717) is 10.6 Å². The number of nitrogens with zero attached hydrogens (tertiary/aromatic N) is 2. The maximum absolute atomic E-state index is 14.3. The van der Waals surface area contributed by atoms with Gasteiger partial charge in [0.2, 0.25) is 0 Å². The monoisotopic (exact) mass is 309 g/mol. The Morgan fingerprint density at radius 3 is 2.71 bits per heavy atom. The van der Waals surface area contributed by atoms with Gasteiger partial charge in [-0.25, -0.2) is 4.39 Å². The Morgan fingerprint density at radius 2 is 2.10 bits per heavy atom. The Labute approximate surface area is 130 Å². The predicted molar refractivity (Wildman–Crippen MR) is 84.2 cm³/mol. The molecule has 0 aliphatic heterocycles. The first-order valence-corrected chi connectivity index (χ1v) is 7.67. The fourth-order valence-corrected chi connectivity index (χ4v) is 2.61. The van der Waals surface area contributed by atoms with Crippen molar-refractivity contribution in [2.45, 2.75) is 39.8 Å². The Bertz CT molecular complexity index is 610. The summed E-state index contributed by atoms with van der Waals surface area (Å²) in [4.78, 5) is 0. The molecule has 1 heterocycles. The smallest absolute Gasteiger partial charge is 0.129 e. The van der Waals surface area contributed by atoms with Crippen LogP contribution in [0.3, 0.4) is 0 Å². The predicted octanol–water partition coefficient (Wildman–Crippen LogP) is 4.09. The lowest BCUT2D eigenvalue weighted by atomic mass is 10.0. The van der Waals surface area contributed by atoms with E-state index in [0.717, 1.165) is 30.9 Å². The van der Waals surface area contributed by atoms with Crippen molar-refractivity contribution in [1.82, 2.24) is 15.1 Å². The minimum Gasteiger partial charge on any atom is -0.305 e. The molecule has 1 unspecified atom stereocenters. The SMILES string of the molecule is CCCNC(c1ccc(Cl)cc1F)c1cc(C)nn1CC. The lowest BCUT2D eigenvalue weighted by molar-refractivity contribution is 0.505. The average molecular weight is 310 g/mol. The fraction of sp³-hybridized carbons (Fsp3) is 0.438. The van der Waals surface area contributed by atoms with Gasteiger partial charge in [-0.1, -0.05) is 24.6 Å². The molecule has 3 nitrogen and oxygen atoms in total. The van der Waals surface area contributed by atoms with Gasteiger partial charge in [-0.2, -0.15) is 5.10 Å². The van der Waals surface area contributed by atoms with Crippen LogP contribution in [0.2, 0.25) is 5.02 Å². The van der Waals surface area contributed by atoms with Crippen molar-refractivity contribution in [2.75, 3.05) is 6.54 Å². The Kier molecular flexibility index (Phi) is 5.37. The number of benzene rings is 1. The van der Waals surface area contributed by atoms with E-state index in [1.807, 2.05) is 24.6 Å². The van der Waals surface area contributed by atoms with Crippen molar-refractivity contribution in [3.8, 4) is 0 Å². The van der Waals surface area contributed by atoms with Crippen LogP contribution in [0.1, 0.15) is 43.3 Å². The number of hydrogen-bond acceptors (Lipinski definition) is 2. The quantitative estimate of drug-likeness (QED) is 0.871. The van der Waals surface area contributed by atoms with Crippen LogP contribution in [0.4, 0.5) is 4.39 Å². The van der Waals surface area contributed by atoms with E-state index >= 15 is 0 Å². The summed E-state index contributed by atoms with van der Waals surface area (Å²) >= 11 is 5.86. The maximum atomic E-state index is 14.3. The van der Waals surface area contributed by atoms with Crippen molar-refractivity contribution < 1.29 is 4.39 Å². The molecule has 0 saturated heterocycles. The summed E-state index contributed by atoms with van der Waals surface area (Å²) in [5, 5.41) is 8.27. The summed E-state index contributed by atoms with van der Waals surface area (Å²) in [5.74, 6) is -0.294. The molecule has 0 amide bonds. The van der Waals surface area contributed by atoms with Gasteiger partial charge in [0.15, 0.2) is 0 Å². The van der Waals surface area contributed by atoms with Gasteiger partial charge in [0.25, 0.3) is 0 Å². The van der Waals surface area contributed by atoms with E-state index in [-0.39, 0.29) is 11.9 Å². The van der Waals surface area contributed by atoms with Gasteiger partial charge in [0.05, 0.1) is 17.4 Å². The largest absolute Gasteiger partial charge is 0.305 e. The number of rotatable bonds is 6. The third-order valence-corrected chi connectivity index (χ3v) is 3.64. The van der Waals surface area contributed by atoms with Crippen LogP contribution in [0.25, 0.3) is 0 Å². The molecular formula is C16H21ClFN3. The highest BCUT2D eigenvalue weighted by molar-refractivity contribution is 6.30. The third kappa shape index (κ3) is 3.63. The Hall–Kier alpha value is -1.39. The zero-order valence-electron chi connectivity index (χ0n) is 12.7. The van der Waals surface area contributed by atoms with Gasteiger partial charge in [-0.15, -0.1) is 0 Å². The summed E-state index contributed by atoms with van der Waals surface area (Å²) in [6.45, 7) is 7.63. The molecule has 0 aliphatic rings. The van der Waals surface area contributed by atoms with E-state index in [1.165, 1.54) is 6.07 Å². The van der Waals surface area contributed by atoms with Crippen molar-refractivity contribution in [1.29, 1.82) is 0 Å². The normalized spacial score (nSPS) is 12.6. The molecule has 1 atom stereocenters. The molecule has 1 aromatic carbocycles. The lowest BCUT2D eigenvalue weighted by Gasteiger charge is -2.20. The first-order valence-electron chi connectivity index (χ1n) is 7.29. The van der Waals surface area contributed by atoms with Crippen LogP contribution in [-0.2, 0) is 6.54 Å².